The number of hydrogen-bond donors (Lipinski definition) is 0. The van der Waals surface area contributed by atoms with Crippen molar-refractivity contribution in [3.8, 4) is 44.5 Å². The van der Waals surface area contributed by atoms with E-state index in [1.54, 1.807) is 0 Å². The lowest BCUT2D eigenvalue weighted by Crippen LogP contribution is -2.26. The van der Waals surface area contributed by atoms with E-state index in [0.29, 0.717) is 0 Å². The van der Waals surface area contributed by atoms with E-state index in [1.807, 2.05) is 12.1 Å². The van der Waals surface area contributed by atoms with Gasteiger partial charge in [-0.3, -0.25) is 0 Å². The summed E-state index contributed by atoms with van der Waals surface area (Å²) < 4.78 is 13.0. The van der Waals surface area contributed by atoms with Gasteiger partial charge in [-0.1, -0.05) is 230 Å². The van der Waals surface area contributed by atoms with Crippen LogP contribution in [0.25, 0.3) is 88.4 Å². The Bertz CT molecular complexity index is 3960. The van der Waals surface area contributed by atoms with Gasteiger partial charge >= 0.3 is 0 Å². The summed E-state index contributed by atoms with van der Waals surface area (Å²) in [6.07, 6.45) is 5.24. The maximum Gasteiger partial charge on any atom is 0.143 e. The van der Waals surface area contributed by atoms with E-state index in [4.69, 9.17) is 8.83 Å². The molecule has 0 N–H and O–H groups in total. The minimum atomic E-state index is -0.347. The van der Waals surface area contributed by atoms with Crippen LogP contribution in [0.1, 0.15) is 45.7 Å². The quantitative estimate of drug-likeness (QED) is 0.128. The number of fused-ring (bicyclic) bond motifs is 9. The molecule has 2 aliphatic carbocycles. The first-order valence-electron chi connectivity index (χ1n) is 24.3. The molecule has 0 fully saturated rings. The lowest BCUT2D eigenvalue weighted by atomic mass is 9.69. The molecule has 0 aliphatic heterocycles. The Morgan fingerprint density at radius 1 is 0.391 bits per heavy atom. The van der Waals surface area contributed by atoms with E-state index in [9.17, 15) is 0 Å². The normalized spacial score (nSPS) is 15.4. The fraction of sp³-hybridized carbons (Fsp3) is 0.0746. The second-order valence-electron chi connectivity index (χ2n) is 19.0. The van der Waals surface area contributed by atoms with Crippen molar-refractivity contribution in [3.63, 3.8) is 0 Å². The Morgan fingerprint density at radius 3 is 1.54 bits per heavy atom. The van der Waals surface area contributed by atoms with Crippen molar-refractivity contribution in [2.24, 2.45) is 0 Å². The van der Waals surface area contributed by atoms with Gasteiger partial charge in [0.2, 0.25) is 0 Å². The fourth-order valence-corrected chi connectivity index (χ4v) is 11.9. The molecule has 2 aliphatic rings. The van der Waals surface area contributed by atoms with Crippen LogP contribution >= 0.6 is 0 Å². The SMILES string of the molecule is C1=C(C2(c3ccccc3)c3cc(CC(Cc4ccc(-c5cccc6c5oc5ccccc56)cc4)c4ccc(-c5cccc6c5oc5ccccc56)cc4)ccc3-c3c(-c4ccccc4)cccc32)C1. The van der Waals surface area contributed by atoms with E-state index < -0.39 is 0 Å². The molecule has 0 amide bonds. The number of rotatable bonds is 10. The van der Waals surface area contributed by atoms with Gasteiger partial charge in [-0.15, -0.1) is 0 Å². The molecule has 14 rings (SSSR count). The van der Waals surface area contributed by atoms with Crippen LogP contribution in [0.15, 0.2) is 251 Å². The summed E-state index contributed by atoms with van der Waals surface area (Å²) in [6, 6.07) is 84.7. The third-order valence-corrected chi connectivity index (χ3v) is 15.1. The van der Waals surface area contributed by atoms with Crippen molar-refractivity contribution in [2.45, 2.75) is 30.6 Å². The average Bonchev–Trinajstić information content (AvgIpc) is 3.99. The van der Waals surface area contributed by atoms with Crippen LogP contribution in [0.2, 0.25) is 0 Å². The molecule has 326 valence electrons. The summed E-state index contributed by atoms with van der Waals surface area (Å²) in [5.41, 5.74) is 22.7. The average molecular weight is 883 g/mol. The Kier molecular flexibility index (Phi) is 9.10. The van der Waals surface area contributed by atoms with Crippen molar-refractivity contribution in [2.75, 3.05) is 0 Å². The van der Waals surface area contributed by atoms with Crippen molar-refractivity contribution < 1.29 is 8.83 Å². The molecule has 2 atom stereocenters. The zero-order valence-electron chi connectivity index (χ0n) is 38.0. The molecule has 12 aromatic rings. The third-order valence-electron chi connectivity index (χ3n) is 15.1. The molecule has 0 radical (unpaired) electrons. The van der Waals surface area contributed by atoms with Crippen LogP contribution in [0.4, 0.5) is 0 Å². The Hall–Kier alpha value is -8.46. The van der Waals surface area contributed by atoms with Gasteiger partial charge in [-0.2, -0.15) is 0 Å². The number of furan rings is 2. The summed E-state index contributed by atoms with van der Waals surface area (Å²) in [5.74, 6) is 0.207. The summed E-state index contributed by atoms with van der Waals surface area (Å²) in [4.78, 5) is 0. The smallest absolute Gasteiger partial charge is 0.143 e. The van der Waals surface area contributed by atoms with E-state index in [0.717, 1.165) is 85.4 Å². The third kappa shape index (κ3) is 6.40. The predicted molar refractivity (Wildman–Crippen MR) is 285 cm³/mol. The highest BCUT2D eigenvalue weighted by Crippen LogP contribution is 2.61. The largest absolute Gasteiger partial charge is 0.455 e. The van der Waals surface area contributed by atoms with Gasteiger partial charge < -0.3 is 8.83 Å². The van der Waals surface area contributed by atoms with Crippen LogP contribution in [0.3, 0.4) is 0 Å². The fourth-order valence-electron chi connectivity index (χ4n) is 11.9. The highest BCUT2D eigenvalue weighted by Gasteiger charge is 2.50. The van der Waals surface area contributed by atoms with Gasteiger partial charge in [-0.05, 0) is 104 Å². The first kappa shape index (κ1) is 39.7. The van der Waals surface area contributed by atoms with E-state index in [2.05, 4.69) is 224 Å². The first-order valence-corrected chi connectivity index (χ1v) is 24.3. The predicted octanol–water partition coefficient (Wildman–Crippen LogP) is 17.7. The molecule has 2 heteroatoms. The Morgan fingerprint density at radius 2 is 0.899 bits per heavy atom. The van der Waals surface area contributed by atoms with Gasteiger partial charge in [0.1, 0.15) is 22.3 Å². The van der Waals surface area contributed by atoms with Crippen molar-refractivity contribution >= 4 is 43.9 Å². The van der Waals surface area contributed by atoms with Crippen LogP contribution in [-0.4, -0.2) is 0 Å². The van der Waals surface area contributed by atoms with Crippen molar-refractivity contribution in [1.29, 1.82) is 0 Å². The molecule has 2 unspecified atom stereocenters. The highest BCUT2D eigenvalue weighted by molar-refractivity contribution is 6.10. The monoisotopic (exact) mass is 882 g/mol. The van der Waals surface area contributed by atoms with Crippen molar-refractivity contribution in [3.05, 3.63) is 276 Å². The maximum absolute atomic E-state index is 6.51. The lowest BCUT2D eigenvalue weighted by Gasteiger charge is -2.32. The van der Waals surface area contributed by atoms with E-state index in [1.165, 1.54) is 61.2 Å². The molecular formula is C67H46O2. The van der Waals surface area contributed by atoms with Gasteiger partial charge in [0, 0.05) is 32.7 Å². The van der Waals surface area contributed by atoms with Gasteiger partial charge in [0.25, 0.3) is 0 Å². The van der Waals surface area contributed by atoms with Gasteiger partial charge in [-0.25, -0.2) is 0 Å². The molecular weight excluding hydrogens is 837 g/mol. The number of para-hydroxylation sites is 4. The number of hydrogen-bond acceptors (Lipinski definition) is 2. The molecule has 10 aromatic carbocycles. The molecule has 69 heavy (non-hydrogen) atoms. The van der Waals surface area contributed by atoms with Gasteiger partial charge in [0.15, 0.2) is 0 Å². The molecule has 0 spiro atoms. The second-order valence-corrected chi connectivity index (χ2v) is 19.0. The molecule has 0 bridgehead atoms. The zero-order valence-corrected chi connectivity index (χ0v) is 38.0. The Balaban J connectivity index is 0.875. The van der Waals surface area contributed by atoms with Crippen LogP contribution < -0.4 is 0 Å². The number of benzene rings is 10. The van der Waals surface area contributed by atoms with Crippen LogP contribution in [0, 0.1) is 0 Å². The maximum atomic E-state index is 6.51. The molecule has 2 nitrogen and oxygen atoms in total. The van der Waals surface area contributed by atoms with E-state index in [-0.39, 0.29) is 11.3 Å². The lowest BCUT2D eigenvalue weighted by molar-refractivity contribution is 0.669. The highest BCUT2D eigenvalue weighted by atomic mass is 16.3. The van der Waals surface area contributed by atoms with Crippen LogP contribution in [0.5, 0.6) is 0 Å². The summed E-state index contributed by atoms with van der Waals surface area (Å²) in [6.45, 7) is 0. The zero-order chi connectivity index (χ0) is 45.5. The standard InChI is InChI=1S/C67H46O2/c1-3-14-46(15-4-1)52-20-13-25-60-64(52)59-39-30-44(42-61(59)67(60,51-37-38-51)50-16-5-2-6-17-50)41-49(45-33-35-48(36-34-45)54-22-12-24-58-56-19-8-10-27-63(56)69-66(54)58)40-43-28-31-47(32-29-43)53-21-11-23-57-55-18-7-9-26-62(55)68-65(53)57/h1-37,39,42,49H,38,40-41H2. The summed E-state index contributed by atoms with van der Waals surface area (Å²) in [5, 5.41) is 4.59. The number of allylic oxidation sites excluding steroid dienone is 2. The minimum absolute atomic E-state index is 0.207. The second kappa shape index (κ2) is 15.8. The molecule has 2 aromatic heterocycles. The summed E-state index contributed by atoms with van der Waals surface area (Å²) in [7, 11) is 0. The Labute approximate surface area is 401 Å². The molecule has 0 saturated carbocycles. The van der Waals surface area contributed by atoms with E-state index >= 15 is 0 Å². The minimum Gasteiger partial charge on any atom is -0.455 e. The summed E-state index contributed by atoms with van der Waals surface area (Å²) >= 11 is 0. The van der Waals surface area contributed by atoms with Crippen LogP contribution in [-0.2, 0) is 18.3 Å². The topological polar surface area (TPSA) is 26.3 Å². The first-order chi connectivity index (χ1) is 34.2. The molecule has 0 saturated heterocycles. The van der Waals surface area contributed by atoms with Gasteiger partial charge in [0.05, 0.1) is 5.41 Å². The molecule has 2 heterocycles. The van der Waals surface area contributed by atoms with Crippen molar-refractivity contribution in [1.82, 2.24) is 0 Å².